The van der Waals surface area contributed by atoms with Crippen LogP contribution in [-0.4, -0.2) is 11.5 Å². The third-order valence-electron chi connectivity index (χ3n) is 4.75. The molecule has 1 heterocycles. The molecule has 3 N–H and O–H groups in total. The molecular weight excluding hydrogens is 292 g/mol. The molecule has 0 fully saturated rings. The lowest BCUT2D eigenvalue weighted by Gasteiger charge is -2.08. The van der Waals surface area contributed by atoms with Gasteiger partial charge in [-0.3, -0.25) is 0 Å². The number of benzene rings is 2. The molecule has 24 heavy (non-hydrogen) atoms. The Bertz CT molecular complexity index is 851. The van der Waals surface area contributed by atoms with Gasteiger partial charge < -0.3 is 10.7 Å². The number of aryl methyl sites for hydroxylation is 5. The number of nitrogens with one attached hydrogen (secondary N) is 1. The minimum absolute atomic E-state index is 0.763. The number of fused-ring (bicyclic) bond motifs is 1. The van der Waals surface area contributed by atoms with Crippen LogP contribution in [0.25, 0.3) is 22.2 Å². The molecule has 3 aromatic rings. The van der Waals surface area contributed by atoms with Crippen LogP contribution in [0.5, 0.6) is 0 Å². The Labute approximate surface area is 145 Å². The van der Waals surface area contributed by atoms with E-state index in [0.717, 1.165) is 25.8 Å². The zero-order valence-corrected chi connectivity index (χ0v) is 15.3. The van der Waals surface area contributed by atoms with E-state index in [9.17, 15) is 0 Å². The highest BCUT2D eigenvalue weighted by Gasteiger charge is 2.15. The molecule has 0 aliphatic carbocycles. The summed E-state index contributed by atoms with van der Waals surface area (Å²) in [6, 6.07) is 11.4. The van der Waals surface area contributed by atoms with E-state index in [1.54, 1.807) is 0 Å². The van der Waals surface area contributed by atoms with Crippen molar-refractivity contribution in [3.63, 3.8) is 0 Å². The van der Waals surface area contributed by atoms with Gasteiger partial charge in [0.2, 0.25) is 0 Å². The van der Waals surface area contributed by atoms with Crippen molar-refractivity contribution >= 4 is 10.9 Å². The van der Waals surface area contributed by atoms with Gasteiger partial charge in [-0.15, -0.1) is 0 Å². The van der Waals surface area contributed by atoms with E-state index in [-0.39, 0.29) is 0 Å². The van der Waals surface area contributed by atoms with Crippen LogP contribution in [0.4, 0.5) is 0 Å². The van der Waals surface area contributed by atoms with E-state index in [1.165, 1.54) is 50.0 Å². The summed E-state index contributed by atoms with van der Waals surface area (Å²) >= 11 is 0. The van der Waals surface area contributed by atoms with Crippen molar-refractivity contribution in [2.75, 3.05) is 6.54 Å². The van der Waals surface area contributed by atoms with Crippen molar-refractivity contribution in [3.05, 3.63) is 58.1 Å². The van der Waals surface area contributed by atoms with Crippen LogP contribution >= 0.6 is 0 Å². The van der Waals surface area contributed by atoms with Crippen molar-refractivity contribution in [3.8, 4) is 11.3 Å². The van der Waals surface area contributed by atoms with Gasteiger partial charge in [-0.2, -0.15) is 0 Å². The van der Waals surface area contributed by atoms with Gasteiger partial charge in [-0.05, 0) is 88.4 Å². The molecule has 0 saturated carbocycles. The normalized spacial score (nSPS) is 11.4. The Morgan fingerprint density at radius 1 is 0.833 bits per heavy atom. The van der Waals surface area contributed by atoms with Crippen LogP contribution in [-0.2, 0) is 6.42 Å². The Morgan fingerprint density at radius 3 is 2.17 bits per heavy atom. The molecule has 0 bridgehead atoms. The number of H-pyrrole nitrogens is 1. The molecule has 2 heteroatoms. The number of hydrogen-bond acceptors (Lipinski definition) is 1. The molecule has 2 nitrogen and oxygen atoms in total. The smallest absolute Gasteiger partial charge is 0.0497 e. The number of aromatic nitrogens is 1. The maximum atomic E-state index is 5.71. The van der Waals surface area contributed by atoms with Crippen LogP contribution in [0.2, 0.25) is 0 Å². The summed E-state index contributed by atoms with van der Waals surface area (Å²) in [4.78, 5) is 3.73. The average molecular weight is 320 g/mol. The first kappa shape index (κ1) is 16.8. The Balaban J connectivity index is 2.21. The van der Waals surface area contributed by atoms with Gasteiger partial charge in [0.25, 0.3) is 0 Å². The van der Waals surface area contributed by atoms with E-state index in [2.05, 4.69) is 63.0 Å². The van der Waals surface area contributed by atoms with Crippen LogP contribution in [0.1, 0.15) is 40.7 Å². The lowest BCUT2D eigenvalue weighted by Crippen LogP contribution is -1.99. The summed E-state index contributed by atoms with van der Waals surface area (Å²) in [7, 11) is 0. The molecular formula is C22H28N2. The fraction of sp³-hybridized carbons (Fsp3) is 0.364. The van der Waals surface area contributed by atoms with E-state index in [4.69, 9.17) is 5.73 Å². The van der Waals surface area contributed by atoms with Crippen LogP contribution in [0.15, 0.2) is 30.3 Å². The maximum Gasteiger partial charge on any atom is 0.0497 e. The van der Waals surface area contributed by atoms with Crippen molar-refractivity contribution in [2.24, 2.45) is 5.73 Å². The molecule has 0 amide bonds. The van der Waals surface area contributed by atoms with Gasteiger partial charge in [-0.25, -0.2) is 0 Å². The van der Waals surface area contributed by atoms with Crippen molar-refractivity contribution in [2.45, 2.75) is 47.0 Å². The second-order valence-corrected chi connectivity index (χ2v) is 7.11. The molecule has 2 aromatic carbocycles. The second-order valence-electron chi connectivity index (χ2n) is 7.11. The second kappa shape index (κ2) is 6.82. The molecule has 3 rings (SSSR count). The summed E-state index contributed by atoms with van der Waals surface area (Å²) in [5.41, 5.74) is 16.3. The first-order valence-corrected chi connectivity index (χ1v) is 8.90. The van der Waals surface area contributed by atoms with Crippen LogP contribution < -0.4 is 5.73 Å². The highest BCUT2D eigenvalue weighted by molar-refractivity contribution is 5.93. The number of nitrogens with two attached hydrogens (primary N) is 1. The number of aromatic amines is 1. The van der Waals surface area contributed by atoms with Gasteiger partial charge in [0, 0.05) is 16.6 Å². The Hall–Kier alpha value is -2.06. The lowest BCUT2D eigenvalue weighted by atomic mass is 9.97. The first-order chi connectivity index (χ1) is 11.5. The minimum Gasteiger partial charge on any atom is -0.354 e. The Kier molecular flexibility index (Phi) is 4.77. The summed E-state index contributed by atoms with van der Waals surface area (Å²) in [6.45, 7) is 9.48. The lowest BCUT2D eigenvalue weighted by molar-refractivity contribution is 0.748. The van der Waals surface area contributed by atoms with E-state index < -0.39 is 0 Å². The quantitative estimate of drug-likeness (QED) is 0.611. The van der Waals surface area contributed by atoms with Gasteiger partial charge >= 0.3 is 0 Å². The summed E-state index contributed by atoms with van der Waals surface area (Å²) in [6.07, 6.45) is 3.28. The number of hydrogen-bond donors (Lipinski definition) is 2. The van der Waals surface area contributed by atoms with Crippen molar-refractivity contribution < 1.29 is 0 Å². The van der Waals surface area contributed by atoms with E-state index in [1.807, 2.05) is 0 Å². The van der Waals surface area contributed by atoms with Gasteiger partial charge in [-0.1, -0.05) is 28.8 Å². The summed E-state index contributed by atoms with van der Waals surface area (Å²) in [5.74, 6) is 0. The summed E-state index contributed by atoms with van der Waals surface area (Å²) < 4.78 is 0. The van der Waals surface area contributed by atoms with Crippen molar-refractivity contribution in [1.29, 1.82) is 0 Å². The number of unbranched alkanes of at least 4 members (excludes halogenated alkanes) is 1. The zero-order chi connectivity index (χ0) is 17.3. The molecule has 0 aliphatic heterocycles. The van der Waals surface area contributed by atoms with Crippen LogP contribution in [0.3, 0.4) is 0 Å². The predicted octanol–water partition coefficient (Wildman–Crippen LogP) is 5.35. The largest absolute Gasteiger partial charge is 0.354 e. The molecule has 0 radical (unpaired) electrons. The Morgan fingerprint density at radius 2 is 1.50 bits per heavy atom. The van der Waals surface area contributed by atoms with E-state index >= 15 is 0 Å². The third kappa shape index (κ3) is 3.25. The van der Waals surface area contributed by atoms with Gasteiger partial charge in [0.05, 0.1) is 0 Å². The monoisotopic (exact) mass is 320 g/mol. The minimum atomic E-state index is 0.763. The predicted molar refractivity (Wildman–Crippen MR) is 105 cm³/mol. The maximum absolute atomic E-state index is 5.71. The first-order valence-electron chi connectivity index (χ1n) is 8.90. The highest BCUT2D eigenvalue weighted by atomic mass is 14.7. The molecule has 0 unspecified atom stereocenters. The fourth-order valence-electron chi connectivity index (χ4n) is 3.78. The molecule has 0 atom stereocenters. The molecule has 0 saturated heterocycles. The number of rotatable bonds is 5. The highest BCUT2D eigenvalue weighted by Crippen LogP contribution is 2.34. The molecule has 0 spiro atoms. The van der Waals surface area contributed by atoms with Gasteiger partial charge in [0.1, 0.15) is 0 Å². The van der Waals surface area contributed by atoms with Gasteiger partial charge in [0.15, 0.2) is 0 Å². The fourth-order valence-corrected chi connectivity index (χ4v) is 3.78. The third-order valence-corrected chi connectivity index (χ3v) is 4.75. The average Bonchev–Trinajstić information content (AvgIpc) is 2.86. The zero-order valence-electron chi connectivity index (χ0n) is 15.3. The standard InChI is InChI=1S/C22H28N2/c1-14-9-15(2)12-18(11-14)22-19(7-5-6-8-23)20-13-16(3)10-17(4)21(20)24-22/h9-13,24H,5-8,23H2,1-4H3. The SMILES string of the molecule is Cc1cc(C)cc(-c2[nH]c3c(C)cc(C)cc3c2CCCCN)c1. The molecule has 0 aliphatic rings. The summed E-state index contributed by atoms with van der Waals surface area (Å²) in [5, 5.41) is 1.37. The van der Waals surface area contributed by atoms with Crippen molar-refractivity contribution in [1.82, 2.24) is 4.98 Å². The van der Waals surface area contributed by atoms with E-state index in [0.29, 0.717) is 0 Å². The molecule has 1 aromatic heterocycles. The molecule has 126 valence electrons. The van der Waals surface area contributed by atoms with Crippen LogP contribution in [0, 0.1) is 27.7 Å². The topological polar surface area (TPSA) is 41.8 Å².